The second-order valence-corrected chi connectivity index (χ2v) is 3.68. The van der Waals surface area contributed by atoms with Gasteiger partial charge in [-0.2, -0.15) is 0 Å². The number of nitrogens with one attached hydrogen (secondary N) is 1. The first-order chi connectivity index (χ1) is 8.27. The molecule has 0 aliphatic heterocycles. The monoisotopic (exact) mass is 230 g/mol. The highest BCUT2D eigenvalue weighted by atomic mass is 16.1. The summed E-state index contributed by atoms with van der Waals surface area (Å²) in [4.78, 5) is 19.8. The summed E-state index contributed by atoms with van der Waals surface area (Å²) in [5, 5.41) is 2.81. The van der Waals surface area contributed by atoms with Crippen LogP contribution < -0.4 is 5.32 Å². The van der Waals surface area contributed by atoms with E-state index in [0.29, 0.717) is 18.7 Å². The average Bonchev–Trinajstić information content (AvgIpc) is 2.76. The van der Waals surface area contributed by atoms with Crippen LogP contribution in [0.4, 0.5) is 0 Å². The SMILES string of the molecule is Cn1ccnc1CCNC(=O)c1ccccn1. The van der Waals surface area contributed by atoms with Gasteiger partial charge in [0.05, 0.1) is 0 Å². The predicted molar refractivity (Wildman–Crippen MR) is 63.5 cm³/mol. The number of nitrogens with zero attached hydrogens (tertiary/aromatic N) is 3. The van der Waals surface area contributed by atoms with E-state index in [9.17, 15) is 4.79 Å². The Balaban J connectivity index is 1.84. The lowest BCUT2D eigenvalue weighted by Crippen LogP contribution is -2.27. The van der Waals surface area contributed by atoms with Crippen LogP contribution in [0.15, 0.2) is 36.8 Å². The molecule has 1 N–H and O–H groups in total. The Bertz CT molecular complexity index is 492. The van der Waals surface area contributed by atoms with Crippen LogP contribution in [0.5, 0.6) is 0 Å². The van der Waals surface area contributed by atoms with Gasteiger partial charge in [0, 0.05) is 38.6 Å². The number of aromatic nitrogens is 3. The molecule has 0 unspecified atom stereocenters. The van der Waals surface area contributed by atoms with Crippen molar-refractivity contribution >= 4 is 5.91 Å². The first kappa shape index (κ1) is 11.3. The lowest BCUT2D eigenvalue weighted by Gasteiger charge is -2.04. The molecule has 2 aromatic heterocycles. The molecule has 0 bridgehead atoms. The van der Waals surface area contributed by atoms with Crippen LogP contribution in [0.25, 0.3) is 0 Å². The summed E-state index contributed by atoms with van der Waals surface area (Å²) >= 11 is 0. The van der Waals surface area contributed by atoms with Crippen LogP contribution in [0.1, 0.15) is 16.3 Å². The highest BCUT2D eigenvalue weighted by Gasteiger charge is 2.05. The highest BCUT2D eigenvalue weighted by Crippen LogP contribution is 1.96. The summed E-state index contributed by atoms with van der Waals surface area (Å²) in [5.74, 6) is 0.797. The number of hydrogen-bond donors (Lipinski definition) is 1. The summed E-state index contributed by atoms with van der Waals surface area (Å²) in [6.07, 6.45) is 5.95. The molecule has 0 fully saturated rings. The maximum atomic E-state index is 11.7. The van der Waals surface area contributed by atoms with Crippen molar-refractivity contribution in [3.63, 3.8) is 0 Å². The fourth-order valence-electron chi connectivity index (χ4n) is 1.51. The fourth-order valence-corrected chi connectivity index (χ4v) is 1.51. The van der Waals surface area contributed by atoms with Gasteiger partial charge in [-0.05, 0) is 12.1 Å². The van der Waals surface area contributed by atoms with Crippen molar-refractivity contribution in [1.29, 1.82) is 0 Å². The van der Waals surface area contributed by atoms with Gasteiger partial charge in [0.1, 0.15) is 11.5 Å². The van der Waals surface area contributed by atoms with Gasteiger partial charge < -0.3 is 9.88 Å². The topological polar surface area (TPSA) is 59.8 Å². The number of aryl methyl sites for hydroxylation is 1. The molecule has 5 nitrogen and oxygen atoms in total. The van der Waals surface area contributed by atoms with Gasteiger partial charge in [-0.15, -0.1) is 0 Å². The molecule has 2 aromatic rings. The molecule has 0 aliphatic rings. The molecule has 88 valence electrons. The Kier molecular flexibility index (Phi) is 3.49. The van der Waals surface area contributed by atoms with E-state index in [4.69, 9.17) is 0 Å². The highest BCUT2D eigenvalue weighted by molar-refractivity contribution is 5.92. The van der Waals surface area contributed by atoms with E-state index in [0.717, 1.165) is 5.82 Å². The molecular weight excluding hydrogens is 216 g/mol. The van der Waals surface area contributed by atoms with Crippen LogP contribution >= 0.6 is 0 Å². The molecular formula is C12H14N4O. The van der Waals surface area contributed by atoms with Gasteiger partial charge in [0.2, 0.25) is 0 Å². The van der Waals surface area contributed by atoms with Crippen molar-refractivity contribution < 1.29 is 4.79 Å². The number of imidazole rings is 1. The van der Waals surface area contributed by atoms with Crippen LogP contribution in [0, 0.1) is 0 Å². The predicted octanol–water partition coefficient (Wildman–Crippen LogP) is 0.788. The molecule has 2 heterocycles. The van der Waals surface area contributed by atoms with Gasteiger partial charge in [0.25, 0.3) is 5.91 Å². The molecule has 0 saturated carbocycles. The second kappa shape index (κ2) is 5.25. The molecule has 0 atom stereocenters. The summed E-state index contributed by atoms with van der Waals surface area (Å²) in [5.41, 5.74) is 0.437. The van der Waals surface area contributed by atoms with Gasteiger partial charge in [-0.25, -0.2) is 4.98 Å². The van der Waals surface area contributed by atoms with Gasteiger partial charge in [-0.3, -0.25) is 9.78 Å². The van der Waals surface area contributed by atoms with Crippen LogP contribution in [-0.4, -0.2) is 27.0 Å². The zero-order valence-corrected chi connectivity index (χ0v) is 9.63. The maximum Gasteiger partial charge on any atom is 0.269 e. The third kappa shape index (κ3) is 2.90. The number of amides is 1. The van der Waals surface area contributed by atoms with Crippen molar-refractivity contribution in [2.24, 2.45) is 7.05 Å². The number of carbonyl (C=O) groups excluding carboxylic acids is 1. The van der Waals surface area contributed by atoms with Crippen molar-refractivity contribution in [2.45, 2.75) is 6.42 Å². The molecule has 0 radical (unpaired) electrons. The molecule has 17 heavy (non-hydrogen) atoms. The summed E-state index contributed by atoms with van der Waals surface area (Å²) in [6, 6.07) is 5.27. The third-order valence-corrected chi connectivity index (χ3v) is 2.45. The van der Waals surface area contributed by atoms with Crippen LogP contribution in [-0.2, 0) is 13.5 Å². The Morgan fingerprint density at radius 3 is 2.88 bits per heavy atom. The molecule has 1 amide bonds. The van der Waals surface area contributed by atoms with E-state index in [2.05, 4.69) is 15.3 Å². The van der Waals surface area contributed by atoms with E-state index in [-0.39, 0.29) is 5.91 Å². The summed E-state index contributed by atoms with van der Waals surface area (Å²) in [7, 11) is 1.93. The molecule has 0 aromatic carbocycles. The van der Waals surface area contributed by atoms with Crippen molar-refractivity contribution in [2.75, 3.05) is 6.54 Å². The van der Waals surface area contributed by atoms with Crippen molar-refractivity contribution in [1.82, 2.24) is 19.9 Å². The van der Waals surface area contributed by atoms with Gasteiger partial charge >= 0.3 is 0 Å². The second-order valence-electron chi connectivity index (χ2n) is 3.68. The van der Waals surface area contributed by atoms with E-state index in [1.165, 1.54) is 0 Å². The maximum absolute atomic E-state index is 11.7. The van der Waals surface area contributed by atoms with Gasteiger partial charge in [0.15, 0.2) is 0 Å². The van der Waals surface area contributed by atoms with Crippen molar-refractivity contribution in [3.8, 4) is 0 Å². The first-order valence-corrected chi connectivity index (χ1v) is 5.43. The number of carbonyl (C=O) groups is 1. The third-order valence-electron chi connectivity index (χ3n) is 2.45. The quantitative estimate of drug-likeness (QED) is 0.844. The largest absolute Gasteiger partial charge is 0.350 e. The Morgan fingerprint density at radius 1 is 1.35 bits per heavy atom. The first-order valence-electron chi connectivity index (χ1n) is 5.43. The number of rotatable bonds is 4. The van der Waals surface area contributed by atoms with Gasteiger partial charge in [-0.1, -0.05) is 6.07 Å². The Morgan fingerprint density at radius 2 is 2.24 bits per heavy atom. The molecule has 0 spiro atoms. The average molecular weight is 230 g/mol. The number of hydrogen-bond acceptors (Lipinski definition) is 3. The zero-order valence-electron chi connectivity index (χ0n) is 9.63. The lowest BCUT2D eigenvalue weighted by molar-refractivity contribution is 0.0949. The van der Waals surface area contributed by atoms with E-state index in [1.54, 1.807) is 30.6 Å². The molecule has 0 saturated heterocycles. The smallest absolute Gasteiger partial charge is 0.269 e. The van der Waals surface area contributed by atoms with Crippen LogP contribution in [0.2, 0.25) is 0 Å². The molecule has 2 rings (SSSR count). The van der Waals surface area contributed by atoms with Crippen LogP contribution in [0.3, 0.4) is 0 Å². The minimum absolute atomic E-state index is 0.153. The lowest BCUT2D eigenvalue weighted by atomic mass is 10.3. The Hall–Kier alpha value is -2.17. The Labute approximate surface area is 99.5 Å². The minimum Gasteiger partial charge on any atom is -0.350 e. The minimum atomic E-state index is -0.153. The van der Waals surface area contributed by atoms with Crippen molar-refractivity contribution in [3.05, 3.63) is 48.3 Å². The summed E-state index contributed by atoms with van der Waals surface area (Å²) < 4.78 is 1.94. The van der Waals surface area contributed by atoms with E-state index >= 15 is 0 Å². The number of pyridine rings is 1. The fraction of sp³-hybridized carbons (Fsp3) is 0.250. The van der Waals surface area contributed by atoms with E-state index < -0.39 is 0 Å². The molecule has 5 heteroatoms. The normalized spacial score (nSPS) is 10.2. The zero-order chi connectivity index (χ0) is 12.1. The summed E-state index contributed by atoms with van der Waals surface area (Å²) in [6.45, 7) is 0.556. The molecule has 0 aliphatic carbocycles. The standard InChI is InChI=1S/C12H14N4O/c1-16-9-8-14-11(16)5-7-15-12(17)10-4-2-3-6-13-10/h2-4,6,8-9H,5,7H2,1H3,(H,15,17). The van der Waals surface area contributed by atoms with E-state index in [1.807, 2.05) is 17.8 Å².